The summed E-state index contributed by atoms with van der Waals surface area (Å²) >= 11 is 1.75. The van der Waals surface area contributed by atoms with Crippen molar-refractivity contribution < 1.29 is 0 Å². The average Bonchev–Trinajstić information content (AvgIpc) is 3.01. The minimum Gasteiger partial charge on any atom is -0.271 e. The van der Waals surface area contributed by atoms with E-state index in [1.54, 1.807) is 11.3 Å². The summed E-state index contributed by atoms with van der Waals surface area (Å²) in [6.45, 7) is 0. The summed E-state index contributed by atoms with van der Waals surface area (Å²) in [6.07, 6.45) is 2.04. The summed E-state index contributed by atoms with van der Waals surface area (Å²) in [5.41, 5.74) is 5.64. The lowest BCUT2D eigenvalue weighted by Gasteiger charge is -2.18. The van der Waals surface area contributed by atoms with Gasteiger partial charge >= 0.3 is 0 Å². The van der Waals surface area contributed by atoms with Crippen molar-refractivity contribution in [1.82, 2.24) is 5.43 Å². The topological polar surface area (TPSA) is 38.0 Å². The molecule has 0 radical (unpaired) electrons. The van der Waals surface area contributed by atoms with E-state index in [9.17, 15) is 0 Å². The van der Waals surface area contributed by atoms with Crippen molar-refractivity contribution in [2.75, 3.05) is 0 Å². The van der Waals surface area contributed by atoms with Crippen LogP contribution in [0.2, 0.25) is 0 Å². The molecular weight excluding hydrogens is 264 g/mol. The first-order valence-corrected chi connectivity index (χ1v) is 7.77. The van der Waals surface area contributed by atoms with Crippen LogP contribution in [0.25, 0.3) is 10.8 Å². The number of nitrogens with one attached hydrogen (secondary N) is 1. The quantitative estimate of drug-likeness (QED) is 0.547. The lowest BCUT2D eigenvalue weighted by Crippen LogP contribution is -2.28. The number of rotatable bonds is 5. The van der Waals surface area contributed by atoms with Crippen LogP contribution in [-0.2, 0) is 6.42 Å². The van der Waals surface area contributed by atoms with E-state index in [4.69, 9.17) is 5.84 Å². The number of hydrazine groups is 1. The number of fused-ring (bicyclic) bond motifs is 1. The third-order valence-electron chi connectivity index (χ3n) is 3.70. The fraction of sp³-hybridized carbons (Fsp3) is 0.176. The molecule has 102 valence electrons. The van der Waals surface area contributed by atoms with Crippen molar-refractivity contribution >= 4 is 22.1 Å². The maximum atomic E-state index is 5.79. The molecule has 3 heteroatoms. The highest BCUT2D eigenvalue weighted by molar-refractivity contribution is 7.07. The lowest BCUT2D eigenvalue weighted by atomic mass is 9.95. The Labute approximate surface area is 123 Å². The Morgan fingerprint density at radius 1 is 1.05 bits per heavy atom. The van der Waals surface area contributed by atoms with Gasteiger partial charge in [0, 0.05) is 6.04 Å². The van der Waals surface area contributed by atoms with Crippen LogP contribution in [0.15, 0.2) is 59.3 Å². The van der Waals surface area contributed by atoms with Gasteiger partial charge in [-0.3, -0.25) is 11.3 Å². The van der Waals surface area contributed by atoms with Gasteiger partial charge in [0.05, 0.1) is 0 Å². The van der Waals surface area contributed by atoms with Crippen LogP contribution in [0.3, 0.4) is 0 Å². The summed E-state index contributed by atoms with van der Waals surface area (Å²) in [6, 6.07) is 17.2. The summed E-state index contributed by atoms with van der Waals surface area (Å²) in [5.74, 6) is 5.79. The van der Waals surface area contributed by atoms with Crippen molar-refractivity contribution in [3.05, 3.63) is 70.4 Å². The molecule has 0 saturated carbocycles. The molecule has 0 amide bonds. The number of thiophene rings is 1. The molecule has 0 spiro atoms. The summed E-state index contributed by atoms with van der Waals surface area (Å²) in [5, 5.41) is 6.87. The molecule has 0 aliphatic heterocycles. The van der Waals surface area contributed by atoms with Crippen molar-refractivity contribution in [2.45, 2.75) is 18.9 Å². The molecule has 0 fully saturated rings. The summed E-state index contributed by atoms with van der Waals surface area (Å²) < 4.78 is 0. The molecule has 2 aromatic carbocycles. The van der Waals surface area contributed by atoms with Gasteiger partial charge in [-0.1, -0.05) is 42.5 Å². The third kappa shape index (κ3) is 2.75. The van der Waals surface area contributed by atoms with E-state index in [1.165, 1.54) is 21.9 Å². The van der Waals surface area contributed by atoms with Gasteiger partial charge in [0.2, 0.25) is 0 Å². The predicted molar refractivity (Wildman–Crippen MR) is 86.7 cm³/mol. The second-order valence-corrected chi connectivity index (χ2v) is 5.74. The molecule has 1 unspecified atom stereocenters. The highest BCUT2D eigenvalue weighted by Crippen LogP contribution is 2.27. The highest BCUT2D eigenvalue weighted by atomic mass is 32.1. The first-order valence-electron chi connectivity index (χ1n) is 6.83. The van der Waals surface area contributed by atoms with Crippen LogP contribution in [0, 0.1) is 0 Å². The second-order valence-electron chi connectivity index (χ2n) is 4.96. The molecule has 1 heterocycles. The molecule has 0 bridgehead atoms. The molecule has 20 heavy (non-hydrogen) atoms. The smallest absolute Gasteiger partial charge is 0.0469 e. The molecule has 0 aliphatic rings. The predicted octanol–water partition coefficient (Wildman–Crippen LogP) is 4.04. The first kappa shape index (κ1) is 13.3. The van der Waals surface area contributed by atoms with Gasteiger partial charge in [-0.2, -0.15) is 11.3 Å². The Hall–Kier alpha value is -1.68. The fourth-order valence-corrected chi connectivity index (χ4v) is 3.33. The molecule has 3 rings (SSSR count). The zero-order valence-electron chi connectivity index (χ0n) is 11.3. The van der Waals surface area contributed by atoms with Gasteiger partial charge < -0.3 is 0 Å². The van der Waals surface area contributed by atoms with Crippen molar-refractivity contribution in [3.63, 3.8) is 0 Å². The Kier molecular flexibility index (Phi) is 4.11. The van der Waals surface area contributed by atoms with Crippen LogP contribution in [0.5, 0.6) is 0 Å². The lowest BCUT2D eigenvalue weighted by molar-refractivity contribution is 0.520. The molecule has 1 aromatic heterocycles. The Bertz CT molecular complexity index is 671. The van der Waals surface area contributed by atoms with Gasteiger partial charge in [-0.25, -0.2) is 0 Å². The second kappa shape index (κ2) is 6.18. The van der Waals surface area contributed by atoms with Gasteiger partial charge in [0.15, 0.2) is 0 Å². The van der Waals surface area contributed by atoms with E-state index in [-0.39, 0.29) is 6.04 Å². The van der Waals surface area contributed by atoms with Crippen molar-refractivity contribution in [2.24, 2.45) is 5.84 Å². The highest BCUT2D eigenvalue weighted by Gasteiger charge is 2.12. The molecule has 3 N–H and O–H groups in total. The maximum absolute atomic E-state index is 5.79. The largest absolute Gasteiger partial charge is 0.271 e. The monoisotopic (exact) mass is 282 g/mol. The van der Waals surface area contributed by atoms with Gasteiger partial charge in [0.1, 0.15) is 0 Å². The fourth-order valence-electron chi connectivity index (χ4n) is 2.63. The average molecular weight is 282 g/mol. The van der Waals surface area contributed by atoms with Crippen LogP contribution < -0.4 is 11.3 Å². The normalized spacial score (nSPS) is 12.7. The van der Waals surface area contributed by atoms with E-state index < -0.39 is 0 Å². The first-order chi connectivity index (χ1) is 9.88. The maximum Gasteiger partial charge on any atom is 0.0469 e. The number of nitrogens with two attached hydrogens (primary N) is 1. The van der Waals surface area contributed by atoms with Crippen LogP contribution in [-0.4, -0.2) is 0 Å². The Morgan fingerprint density at radius 3 is 2.70 bits per heavy atom. The molecular formula is C17H18N2S. The molecule has 0 saturated heterocycles. The molecule has 3 aromatic rings. The Balaban J connectivity index is 1.87. The zero-order valence-corrected chi connectivity index (χ0v) is 12.1. The van der Waals surface area contributed by atoms with E-state index in [1.807, 2.05) is 0 Å². The van der Waals surface area contributed by atoms with E-state index in [0.717, 1.165) is 12.8 Å². The standard InChI is InChI=1S/C17H18N2S/c18-19-17(9-8-13-10-11-20-12-13)16-7-3-5-14-4-1-2-6-15(14)16/h1-7,10-12,17,19H,8-9,18H2. The van der Waals surface area contributed by atoms with Gasteiger partial charge in [-0.05, 0) is 51.6 Å². The Morgan fingerprint density at radius 2 is 1.90 bits per heavy atom. The van der Waals surface area contributed by atoms with Crippen LogP contribution in [0.1, 0.15) is 23.6 Å². The molecule has 2 nitrogen and oxygen atoms in total. The van der Waals surface area contributed by atoms with Crippen molar-refractivity contribution in [1.29, 1.82) is 0 Å². The van der Waals surface area contributed by atoms with E-state index in [2.05, 4.69) is 64.7 Å². The van der Waals surface area contributed by atoms with E-state index >= 15 is 0 Å². The minimum atomic E-state index is 0.181. The van der Waals surface area contributed by atoms with Crippen LogP contribution in [0.4, 0.5) is 0 Å². The molecule has 1 atom stereocenters. The summed E-state index contributed by atoms with van der Waals surface area (Å²) in [4.78, 5) is 0. The van der Waals surface area contributed by atoms with Crippen molar-refractivity contribution in [3.8, 4) is 0 Å². The van der Waals surface area contributed by atoms with Gasteiger partial charge in [-0.15, -0.1) is 0 Å². The summed E-state index contributed by atoms with van der Waals surface area (Å²) in [7, 11) is 0. The van der Waals surface area contributed by atoms with Gasteiger partial charge in [0.25, 0.3) is 0 Å². The SMILES string of the molecule is NNC(CCc1ccsc1)c1cccc2ccccc12. The van der Waals surface area contributed by atoms with E-state index in [0.29, 0.717) is 0 Å². The third-order valence-corrected chi connectivity index (χ3v) is 4.43. The number of hydrogen-bond donors (Lipinski definition) is 2. The van der Waals surface area contributed by atoms with Crippen LogP contribution >= 0.6 is 11.3 Å². The minimum absolute atomic E-state index is 0.181. The number of aryl methyl sites for hydroxylation is 1. The number of benzene rings is 2. The molecule has 0 aliphatic carbocycles. The zero-order chi connectivity index (χ0) is 13.8. The number of hydrogen-bond acceptors (Lipinski definition) is 3.